The molecule has 1 aromatic carbocycles. The lowest BCUT2D eigenvalue weighted by atomic mass is 9.97. The largest absolute Gasteiger partial charge is 0.465 e. The van der Waals surface area contributed by atoms with Gasteiger partial charge in [-0.2, -0.15) is 0 Å². The summed E-state index contributed by atoms with van der Waals surface area (Å²) in [7, 11) is 0. The normalized spacial score (nSPS) is 14.6. The summed E-state index contributed by atoms with van der Waals surface area (Å²) in [6.07, 6.45) is -1.46. The van der Waals surface area contributed by atoms with Crippen LogP contribution in [0.25, 0.3) is 0 Å². The van der Waals surface area contributed by atoms with Gasteiger partial charge in [0, 0.05) is 17.9 Å². The molecule has 4 nitrogen and oxygen atoms in total. The van der Waals surface area contributed by atoms with Crippen molar-refractivity contribution in [1.82, 2.24) is 0 Å². The fourth-order valence-electron chi connectivity index (χ4n) is 1.71. The molecule has 0 aliphatic carbocycles. The number of hydrogen-bond acceptors (Lipinski definition) is 4. The first-order valence-electron chi connectivity index (χ1n) is 6.98. The fourth-order valence-corrected chi connectivity index (χ4v) is 1.92. The quantitative estimate of drug-likeness (QED) is 0.792. The number of benzene rings is 1. The lowest BCUT2D eigenvalue weighted by Gasteiger charge is -2.20. The van der Waals surface area contributed by atoms with Gasteiger partial charge in [0.15, 0.2) is 0 Å². The summed E-state index contributed by atoms with van der Waals surface area (Å²) in [4.78, 5) is 11.6. The van der Waals surface area contributed by atoms with Crippen LogP contribution < -0.4 is 0 Å². The van der Waals surface area contributed by atoms with Crippen molar-refractivity contribution in [1.29, 1.82) is 0 Å². The van der Waals surface area contributed by atoms with Crippen molar-refractivity contribution < 1.29 is 19.7 Å². The third-order valence-corrected chi connectivity index (χ3v) is 3.46. The SMILES string of the molecule is CC(C)(C)C(=O)OCC[C@H](O)[C@@H](O)Cc1ccccc1Cl. The number of carbonyl (C=O) groups is 1. The van der Waals surface area contributed by atoms with Gasteiger partial charge in [-0.3, -0.25) is 4.79 Å². The van der Waals surface area contributed by atoms with Crippen LogP contribution in [0.5, 0.6) is 0 Å². The van der Waals surface area contributed by atoms with Crippen LogP contribution in [0.2, 0.25) is 5.02 Å². The molecule has 0 spiro atoms. The molecule has 0 aliphatic rings. The van der Waals surface area contributed by atoms with Gasteiger partial charge in [0.2, 0.25) is 0 Å². The highest BCUT2D eigenvalue weighted by Gasteiger charge is 2.24. The summed E-state index contributed by atoms with van der Waals surface area (Å²) in [5.41, 5.74) is 0.207. The van der Waals surface area contributed by atoms with E-state index in [-0.39, 0.29) is 25.4 Å². The van der Waals surface area contributed by atoms with Crippen LogP contribution in [0.3, 0.4) is 0 Å². The van der Waals surface area contributed by atoms with Crippen molar-refractivity contribution in [2.24, 2.45) is 5.41 Å². The van der Waals surface area contributed by atoms with E-state index in [9.17, 15) is 15.0 Å². The molecule has 2 N–H and O–H groups in total. The summed E-state index contributed by atoms with van der Waals surface area (Å²) in [5, 5.41) is 20.4. The molecule has 0 saturated heterocycles. The maximum atomic E-state index is 11.6. The Hall–Kier alpha value is -1.10. The van der Waals surface area contributed by atoms with Crippen LogP contribution in [0.4, 0.5) is 0 Å². The van der Waals surface area contributed by atoms with E-state index in [0.29, 0.717) is 5.02 Å². The lowest BCUT2D eigenvalue weighted by Crippen LogP contribution is -2.31. The Kier molecular flexibility index (Phi) is 6.65. The van der Waals surface area contributed by atoms with E-state index in [1.54, 1.807) is 39.0 Å². The van der Waals surface area contributed by atoms with E-state index in [4.69, 9.17) is 16.3 Å². The van der Waals surface area contributed by atoms with Gasteiger partial charge < -0.3 is 14.9 Å². The van der Waals surface area contributed by atoms with E-state index < -0.39 is 17.6 Å². The molecule has 0 fully saturated rings. The zero-order valence-corrected chi connectivity index (χ0v) is 13.4. The molecule has 0 aromatic heterocycles. The number of aliphatic hydroxyl groups is 2. The highest BCUT2D eigenvalue weighted by Crippen LogP contribution is 2.19. The van der Waals surface area contributed by atoms with E-state index in [1.807, 2.05) is 6.07 Å². The van der Waals surface area contributed by atoms with Gasteiger partial charge in [-0.1, -0.05) is 29.8 Å². The van der Waals surface area contributed by atoms with E-state index >= 15 is 0 Å². The lowest BCUT2D eigenvalue weighted by molar-refractivity contribution is -0.154. The van der Waals surface area contributed by atoms with Gasteiger partial charge >= 0.3 is 5.97 Å². The molecule has 5 heteroatoms. The molecule has 0 aliphatic heterocycles. The van der Waals surface area contributed by atoms with Gasteiger partial charge in [-0.25, -0.2) is 0 Å². The van der Waals surface area contributed by atoms with Crippen molar-refractivity contribution in [3.8, 4) is 0 Å². The number of rotatable bonds is 6. The van der Waals surface area contributed by atoms with E-state index in [0.717, 1.165) is 5.56 Å². The molecular formula is C16H23ClO4. The van der Waals surface area contributed by atoms with Crippen molar-refractivity contribution >= 4 is 17.6 Å². The number of halogens is 1. The summed E-state index contributed by atoms with van der Waals surface area (Å²) in [5.74, 6) is -0.324. The number of carbonyl (C=O) groups excluding carboxylic acids is 1. The highest BCUT2D eigenvalue weighted by molar-refractivity contribution is 6.31. The summed E-state index contributed by atoms with van der Waals surface area (Å²) >= 11 is 6.01. The Morgan fingerprint density at radius 1 is 1.24 bits per heavy atom. The Morgan fingerprint density at radius 3 is 2.43 bits per heavy atom. The maximum Gasteiger partial charge on any atom is 0.311 e. The molecule has 2 atom stereocenters. The number of esters is 1. The monoisotopic (exact) mass is 314 g/mol. The fraction of sp³-hybridized carbons (Fsp3) is 0.562. The van der Waals surface area contributed by atoms with Crippen LogP contribution in [0, 0.1) is 5.41 Å². The van der Waals surface area contributed by atoms with Gasteiger partial charge in [0.05, 0.1) is 24.2 Å². The minimum Gasteiger partial charge on any atom is -0.465 e. The van der Waals surface area contributed by atoms with Gasteiger partial charge in [-0.05, 0) is 32.4 Å². The second-order valence-electron chi connectivity index (χ2n) is 6.10. The number of hydrogen-bond donors (Lipinski definition) is 2. The summed E-state index contributed by atoms with van der Waals surface area (Å²) in [6, 6.07) is 7.17. The average molecular weight is 315 g/mol. The molecule has 1 rings (SSSR count). The first-order chi connectivity index (χ1) is 9.71. The van der Waals surface area contributed by atoms with Gasteiger partial charge in [0.1, 0.15) is 0 Å². The second kappa shape index (κ2) is 7.78. The van der Waals surface area contributed by atoms with Crippen molar-refractivity contribution in [2.45, 2.75) is 45.8 Å². The molecule has 118 valence electrons. The molecule has 0 amide bonds. The Labute approximate surface area is 130 Å². The molecule has 0 heterocycles. The average Bonchev–Trinajstić information content (AvgIpc) is 2.39. The topological polar surface area (TPSA) is 66.8 Å². The van der Waals surface area contributed by atoms with E-state index in [1.165, 1.54) is 0 Å². The minimum atomic E-state index is -0.964. The Morgan fingerprint density at radius 2 is 1.86 bits per heavy atom. The zero-order valence-electron chi connectivity index (χ0n) is 12.7. The molecule has 21 heavy (non-hydrogen) atoms. The summed E-state index contributed by atoms with van der Waals surface area (Å²) < 4.78 is 5.07. The first kappa shape index (κ1) is 18.0. The molecular weight excluding hydrogens is 292 g/mol. The third kappa shape index (κ3) is 6.04. The predicted octanol–water partition coefficient (Wildman–Crippen LogP) is 2.58. The van der Waals surface area contributed by atoms with Crippen LogP contribution >= 0.6 is 11.6 Å². The van der Waals surface area contributed by atoms with Crippen LogP contribution in [-0.4, -0.2) is 35.0 Å². The van der Waals surface area contributed by atoms with Crippen LogP contribution in [0.15, 0.2) is 24.3 Å². The van der Waals surface area contributed by atoms with Crippen molar-refractivity contribution in [3.63, 3.8) is 0 Å². The standard InChI is InChI=1S/C16H23ClO4/c1-16(2,3)15(20)21-9-8-13(18)14(19)10-11-6-4-5-7-12(11)17/h4-7,13-14,18-19H,8-10H2,1-3H3/t13-,14-/m0/s1. The number of ether oxygens (including phenoxy) is 1. The molecule has 0 radical (unpaired) electrons. The van der Waals surface area contributed by atoms with Gasteiger partial charge in [0.25, 0.3) is 0 Å². The van der Waals surface area contributed by atoms with E-state index in [2.05, 4.69) is 0 Å². The molecule has 0 unspecified atom stereocenters. The van der Waals surface area contributed by atoms with Crippen LogP contribution in [-0.2, 0) is 16.0 Å². The third-order valence-electron chi connectivity index (χ3n) is 3.09. The van der Waals surface area contributed by atoms with Crippen LogP contribution in [0.1, 0.15) is 32.8 Å². The molecule has 1 aromatic rings. The second-order valence-corrected chi connectivity index (χ2v) is 6.51. The Bertz CT molecular complexity index is 468. The van der Waals surface area contributed by atoms with Crippen molar-refractivity contribution in [2.75, 3.05) is 6.61 Å². The van der Waals surface area contributed by atoms with Gasteiger partial charge in [-0.15, -0.1) is 0 Å². The Balaban J connectivity index is 2.40. The highest BCUT2D eigenvalue weighted by atomic mass is 35.5. The number of aliphatic hydroxyl groups excluding tert-OH is 2. The summed E-state index contributed by atoms with van der Waals surface area (Å²) in [6.45, 7) is 5.37. The van der Waals surface area contributed by atoms with Crippen molar-refractivity contribution in [3.05, 3.63) is 34.9 Å². The predicted molar refractivity (Wildman–Crippen MR) is 82.2 cm³/mol. The minimum absolute atomic E-state index is 0.0802. The molecule has 0 saturated carbocycles. The smallest absolute Gasteiger partial charge is 0.311 e. The molecule has 0 bridgehead atoms. The first-order valence-corrected chi connectivity index (χ1v) is 7.36. The maximum absolute atomic E-state index is 11.6. The zero-order chi connectivity index (χ0) is 16.0.